The first-order valence-corrected chi connectivity index (χ1v) is 7.62. The van der Waals surface area contributed by atoms with E-state index in [9.17, 15) is 9.90 Å². The Morgan fingerprint density at radius 2 is 2.20 bits per heavy atom. The number of nitrogens with zero attached hydrogens (tertiary/aromatic N) is 2. The van der Waals surface area contributed by atoms with Gasteiger partial charge in [0.15, 0.2) is 0 Å². The van der Waals surface area contributed by atoms with E-state index in [1.807, 2.05) is 13.8 Å². The molecule has 3 rings (SSSR count). The summed E-state index contributed by atoms with van der Waals surface area (Å²) in [6, 6.07) is -0.745. The van der Waals surface area contributed by atoms with Crippen molar-refractivity contribution in [3.05, 3.63) is 16.8 Å². The van der Waals surface area contributed by atoms with Gasteiger partial charge < -0.3 is 15.2 Å². The minimum Gasteiger partial charge on any atom is -0.548 e. The SMILES string of the molecule is CC(C)C(Nc1ncnc2sc3c(c12)CCC3)C(=O)[O-]. The van der Waals surface area contributed by atoms with Gasteiger partial charge in [0, 0.05) is 4.88 Å². The molecule has 2 heterocycles. The molecule has 0 bridgehead atoms. The van der Waals surface area contributed by atoms with Crippen LogP contribution in [0.5, 0.6) is 0 Å². The fourth-order valence-electron chi connectivity index (χ4n) is 2.68. The Kier molecular flexibility index (Phi) is 3.33. The summed E-state index contributed by atoms with van der Waals surface area (Å²) >= 11 is 1.69. The predicted octanol–water partition coefficient (Wildman–Crippen LogP) is 1.37. The number of carbonyl (C=O) groups is 1. The third kappa shape index (κ3) is 2.14. The highest BCUT2D eigenvalue weighted by Crippen LogP contribution is 2.39. The molecule has 0 spiro atoms. The second-order valence-electron chi connectivity index (χ2n) is 5.44. The Balaban J connectivity index is 2.05. The molecular formula is C14H16N3O2S-. The standard InChI is InChI=1S/C14H17N3O2S/c1-7(2)11(14(18)19)17-12-10-8-4-3-5-9(8)20-13(10)16-6-15-12/h6-7,11H,3-5H2,1-2H3,(H,18,19)(H,15,16,17)/p-1. The number of aryl methyl sites for hydroxylation is 2. The zero-order chi connectivity index (χ0) is 14.3. The topological polar surface area (TPSA) is 77.9 Å². The highest BCUT2D eigenvalue weighted by atomic mass is 32.1. The number of thiophene rings is 1. The van der Waals surface area contributed by atoms with Gasteiger partial charge in [-0.1, -0.05) is 13.8 Å². The van der Waals surface area contributed by atoms with Gasteiger partial charge in [-0.15, -0.1) is 11.3 Å². The van der Waals surface area contributed by atoms with Crippen LogP contribution in [-0.2, 0) is 17.6 Å². The monoisotopic (exact) mass is 290 g/mol. The van der Waals surface area contributed by atoms with Crippen LogP contribution in [0.3, 0.4) is 0 Å². The molecule has 0 aromatic carbocycles. The molecule has 1 aliphatic rings. The van der Waals surface area contributed by atoms with Gasteiger partial charge in [-0.25, -0.2) is 9.97 Å². The van der Waals surface area contributed by atoms with Gasteiger partial charge in [0.25, 0.3) is 0 Å². The smallest absolute Gasteiger partial charge is 0.138 e. The molecular weight excluding hydrogens is 274 g/mol. The fraction of sp³-hybridized carbons (Fsp3) is 0.500. The Bertz CT molecular complexity index is 666. The molecule has 20 heavy (non-hydrogen) atoms. The number of carbonyl (C=O) groups excluding carboxylic acids is 1. The molecule has 0 saturated heterocycles. The van der Waals surface area contributed by atoms with Crippen LogP contribution in [0.1, 0.15) is 30.7 Å². The maximum absolute atomic E-state index is 11.2. The quantitative estimate of drug-likeness (QED) is 0.920. The summed E-state index contributed by atoms with van der Waals surface area (Å²) in [5.74, 6) is -0.548. The average Bonchev–Trinajstić information content (AvgIpc) is 2.94. The molecule has 2 aromatic rings. The minimum absolute atomic E-state index is 0.0725. The summed E-state index contributed by atoms with van der Waals surface area (Å²) in [6.07, 6.45) is 4.75. The van der Waals surface area contributed by atoms with Crippen molar-refractivity contribution in [1.82, 2.24) is 9.97 Å². The molecule has 0 radical (unpaired) electrons. The van der Waals surface area contributed by atoms with Gasteiger partial charge in [-0.05, 0) is 30.7 Å². The van der Waals surface area contributed by atoms with E-state index >= 15 is 0 Å². The summed E-state index contributed by atoms with van der Waals surface area (Å²) < 4.78 is 0. The van der Waals surface area contributed by atoms with Crippen molar-refractivity contribution in [2.24, 2.45) is 5.92 Å². The van der Waals surface area contributed by atoms with Gasteiger partial charge in [0.05, 0.1) is 17.4 Å². The second kappa shape index (κ2) is 5.01. The van der Waals surface area contributed by atoms with Crippen LogP contribution in [0.2, 0.25) is 0 Å². The van der Waals surface area contributed by atoms with Gasteiger partial charge in [-0.3, -0.25) is 0 Å². The molecule has 1 atom stereocenters. The van der Waals surface area contributed by atoms with E-state index in [1.165, 1.54) is 16.8 Å². The molecule has 2 aromatic heterocycles. The number of aromatic nitrogens is 2. The molecule has 6 heteroatoms. The van der Waals surface area contributed by atoms with Crippen molar-refractivity contribution < 1.29 is 9.90 Å². The number of nitrogens with one attached hydrogen (secondary N) is 1. The lowest BCUT2D eigenvalue weighted by Crippen LogP contribution is -2.44. The number of hydrogen-bond acceptors (Lipinski definition) is 6. The van der Waals surface area contributed by atoms with E-state index in [-0.39, 0.29) is 5.92 Å². The molecule has 5 nitrogen and oxygen atoms in total. The fourth-order valence-corrected chi connectivity index (χ4v) is 3.91. The first-order chi connectivity index (χ1) is 9.58. The Morgan fingerprint density at radius 3 is 2.90 bits per heavy atom. The molecule has 1 N–H and O–H groups in total. The van der Waals surface area contributed by atoms with Crippen molar-refractivity contribution >= 4 is 33.3 Å². The number of aliphatic carboxylic acids is 1. The van der Waals surface area contributed by atoms with Gasteiger partial charge in [-0.2, -0.15) is 0 Å². The van der Waals surface area contributed by atoms with Crippen molar-refractivity contribution in [3.8, 4) is 0 Å². The summed E-state index contributed by atoms with van der Waals surface area (Å²) in [6.45, 7) is 3.70. The van der Waals surface area contributed by atoms with Crippen molar-refractivity contribution in [2.45, 2.75) is 39.2 Å². The van der Waals surface area contributed by atoms with Crippen LogP contribution in [0.4, 0.5) is 5.82 Å². The molecule has 1 aliphatic carbocycles. The normalized spacial score (nSPS) is 15.6. The number of anilines is 1. The summed E-state index contributed by atoms with van der Waals surface area (Å²) in [4.78, 5) is 22.1. The van der Waals surface area contributed by atoms with Crippen molar-refractivity contribution in [1.29, 1.82) is 0 Å². The lowest BCUT2D eigenvalue weighted by atomic mass is 10.0. The maximum atomic E-state index is 11.2. The molecule has 1 unspecified atom stereocenters. The summed E-state index contributed by atoms with van der Waals surface area (Å²) in [5.41, 5.74) is 1.29. The molecule has 0 aliphatic heterocycles. The van der Waals surface area contributed by atoms with E-state index in [1.54, 1.807) is 11.3 Å². The van der Waals surface area contributed by atoms with Crippen molar-refractivity contribution in [3.63, 3.8) is 0 Å². The average molecular weight is 290 g/mol. The van der Waals surface area contributed by atoms with E-state index in [0.717, 1.165) is 29.5 Å². The summed E-state index contributed by atoms with van der Waals surface area (Å²) in [5, 5.41) is 15.3. The van der Waals surface area contributed by atoms with E-state index in [2.05, 4.69) is 15.3 Å². The molecule has 0 fully saturated rings. The highest BCUT2D eigenvalue weighted by Gasteiger charge is 2.23. The number of rotatable bonds is 4. The van der Waals surface area contributed by atoms with Gasteiger partial charge in [0.2, 0.25) is 0 Å². The largest absolute Gasteiger partial charge is 0.548 e. The zero-order valence-electron chi connectivity index (χ0n) is 11.5. The van der Waals surface area contributed by atoms with Crippen LogP contribution in [0.15, 0.2) is 6.33 Å². The number of carboxylic acids is 1. The minimum atomic E-state index is -1.10. The first-order valence-electron chi connectivity index (χ1n) is 6.80. The second-order valence-corrected chi connectivity index (χ2v) is 6.53. The van der Waals surface area contributed by atoms with E-state index in [0.29, 0.717) is 5.82 Å². The molecule has 106 valence electrons. The lowest BCUT2D eigenvalue weighted by Gasteiger charge is -2.24. The van der Waals surface area contributed by atoms with Crippen LogP contribution in [0.25, 0.3) is 10.2 Å². The third-order valence-corrected chi connectivity index (χ3v) is 4.91. The van der Waals surface area contributed by atoms with Crippen LogP contribution in [-0.4, -0.2) is 22.0 Å². The lowest BCUT2D eigenvalue weighted by molar-refractivity contribution is -0.307. The van der Waals surface area contributed by atoms with Crippen LogP contribution < -0.4 is 10.4 Å². The number of carboxylic acid groups (broad SMARTS) is 1. The molecule has 0 amide bonds. The first kappa shape index (κ1) is 13.3. The number of fused-ring (bicyclic) bond motifs is 3. The van der Waals surface area contributed by atoms with E-state index in [4.69, 9.17) is 0 Å². The van der Waals surface area contributed by atoms with Gasteiger partial charge >= 0.3 is 0 Å². The van der Waals surface area contributed by atoms with Crippen LogP contribution >= 0.6 is 11.3 Å². The van der Waals surface area contributed by atoms with Crippen molar-refractivity contribution in [2.75, 3.05) is 5.32 Å². The Labute approximate surface area is 121 Å². The predicted molar refractivity (Wildman–Crippen MR) is 76.7 cm³/mol. The van der Waals surface area contributed by atoms with Gasteiger partial charge in [0.1, 0.15) is 17.0 Å². The summed E-state index contributed by atoms with van der Waals surface area (Å²) in [7, 11) is 0. The Hall–Kier alpha value is -1.69. The zero-order valence-corrected chi connectivity index (χ0v) is 12.3. The third-order valence-electron chi connectivity index (χ3n) is 3.71. The maximum Gasteiger partial charge on any atom is 0.138 e. The number of hydrogen-bond donors (Lipinski definition) is 1. The molecule has 0 saturated carbocycles. The highest BCUT2D eigenvalue weighted by molar-refractivity contribution is 7.19. The Morgan fingerprint density at radius 1 is 1.40 bits per heavy atom. The van der Waals surface area contributed by atoms with Crippen LogP contribution in [0, 0.1) is 5.92 Å². The van der Waals surface area contributed by atoms with E-state index < -0.39 is 12.0 Å².